The van der Waals surface area contributed by atoms with Gasteiger partial charge in [-0.2, -0.15) is 0 Å². The second kappa shape index (κ2) is 5.68. The first-order chi connectivity index (χ1) is 9.70. The van der Waals surface area contributed by atoms with E-state index in [4.69, 9.17) is 0 Å². The molecule has 1 aromatic carbocycles. The number of benzene rings is 1. The molecule has 0 saturated heterocycles. The molecule has 0 aliphatic rings. The molecule has 0 radical (unpaired) electrons. The van der Waals surface area contributed by atoms with Gasteiger partial charge in [0.15, 0.2) is 5.78 Å². The Bertz CT molecular complexity index is 657. The highest BCUT2D eigenvalue weighted by atomic mass is 32.1. The topological polar surface area (TPSA) is 42.9 Å². The van der Waals surface area contributed by atoms with E-state index in [0.29, 0.717) is 11.3 Å². The van der Waals surface area contributed by atoms with E-state index < -0.39 is 0 Å². The number of rotatable bonds is 3. The summed E-state index contributed by atoms with van der Waals surface area (Å²) in [5.74, 6) is 0.116. The summed E-state index contributed by atoms with van der Waals surface area (Å²) in [4.78, 5) is 13.4. The third kappa shape index (κ3) is 3.38. The summed E-state index contributed by atoms with van der Waals surface area (Å²) in [5.41, 5.74) is 5.36. The molecule has 0 N–H and O–H groups in total. The van der Waals surface area contributed by atoms with Crippen LogP contribution in [0.5, 0.6) is 0 Å². The van der Waals surface area contributed by atoms with Crippen LogP contribution in [0.2, 0.25) is 0 Å². The molecule has 0 saturated carbocycles. The van der Waals surface area contributed by atoms with Crippen molar-refractivity contribution in [2.24, 2.45) is 0 Å². The number of carbonyl (C=O) groups excluding carboxylic acids is 1. The van der Waals surface area contributed by atoms with Crippen LogP contribution in [-0.4, -0.2) is 15.4 Å². The van der Waals surface area contributed by atoms with E-state index in [1.54, 1.807) is 0 Å². The number of nitrogens with zero attached hydrogens (tertiary/aromatic N) is 2. The Morgan fingerprint density at radius 1 is 1.14 bits per heavy atom. The smallest absolute Gasteiger partial charge is 0.180 e. The first kappa shape index (κ1) is 15.8. The highest BCUT2D eigenvalue weighted by Crippen LogP contribution is 2.27. The van der Waals surface area contributed by atoms with Gasteiger partial charge in [0, 0.05) is 11.8 Å². The van der Waals surface area contributed by atoms with Crippen molar-refractivity contribution in [3.05, 3.63) is 45.0 Å². The Labute approximate surface area is 130 Å². The average molecular weight is 302 g/mol. The predicted octanol–water partition coefficient (Wildman–Crippen LogP) is 4.19. The SMILES string of the molecule is Cc1cc(C)c(CC(=O)c2snnc2C(C)(C)C)c(C)c1. The van der Waals surface area contributed by atoms with Crippen LogP contribution in [0.25, 0.3) is 0 Å². The van der Waals surface area contributed by atoms with Crippen molar-refractivity contribution in [2.75, 3.05) is 0 Å². The van der Waals surface area contributed by atoms with Gasteiger partial charge >= 0.3 is 0 Å². The Morgan fingerprint density at radius 3 is 2.24 bits per heavy atom. The van der Waals surface area contributed by atoms with E-state index in [-0.39, 0.29) is 11.2 Å². The van der Waals surface area contributed by atoms with E-state index in [1.807, 2.05) is 0 Å². The van der Waals surface area contributed by atoms with Crippen LogP contribution in [0.4, 0.5) is 0 Å². The van der Waals surface area contributed by atoms with Crippen molar-refractivity contribution < 1.29 is 4.79 Å². The van der Waals surface area contributed by atoms with Crippen LogP contribution in [0.15, 0.2) is 12.1 Å². The minimum Gasteiger partial charge on any atom is -0.293 e. The summed E-state index contributed by atoms with van der Waals surface area (Å²) in [5, 5.41) is 4.16. The minimum atomic E-state index is -0.157. The lowest BCUT2D eigenvalue weighted by molar-refractivity contribution is 0.0994. The molecule has 0 unspecified atom stereocenters. The standard InChI is InChI=1S/C17H22N2OS/c1-10-7-11(2)13(12(3)8-10)9-14(20)15-16(17(4,5)6)18-19-21-15/h7-8H,9H2,1-6H3. The Hall–Kier alpha value is -1.55. The van der Waals surface area contributed by atoms with E-state index in [0.717, 1.165) is 11.3 Å². The third-order valence-corrected chi connectivity index (χ3v) is 4.40. The Kier molecular flexibility index (Phi) is 4.28. The Morgan fingerprint density at radius 2 is 1.71 bits per heavy atom. The Balaban J connectivity index is 2.34. The number of carbonyl (C=O) groups is 1. The summed E-state index contributed by atoms with van der Waals surface area (Å²) < 4.78 is 3.98. The van der Waals surface area contributed by atoms with Crippen LogP contribution in [0.3, 0.4) is 0 Å². The molecule has 1 aromatic heterocycles. The summed E-state index contributed by atoms with van der Waals surface area (Å²) in [6.07, 6.45) is 0.422. The van der Waals surface area contributed by atoms with Gasteiger partial charge in [-0.1, -0.05) is 43.0 Å². The van der Waals surface area contributed by atoms with Crippen molar-refractivity contribution in [3.63, 3.8) is 0 Å². The quantitative estimate of drug-likeness (QED) is 0.799. The van der Waals surface area contributed by atoms with Crippen LogP contribution in [0.1, 0.15) is 58.4 Å². The van der Waals surface area contributed by atoms with Gasteiger partial charge in [-0.05, 0) is 49.0 Å². The molecule has 4 heteroatoms. The molecular formula is C17H22N2OS. The van der Waals surface area contributed by atoms with Crippen LogP contribution >= 0.6 is 11.5 Å². The molecule has 1 heterocycles. The summed E-state index contributed by atoms with van der Waals surface area (Å²) in [6, 6.07) is 4.26. The molecule has 0 aliphatic carbocycles. The molecular weight excluding hydrogens is 280 g/mol. The fraction of sp³-hybridized carbons (Fsp3) is 0.471. The third-order valence-electron chi connectivity index (χ3n) is 3.63. The van der Waals surface area contributed by atoms with Crippen LogP contribution in [0, 0.1) is 20.8 Å². The molecule has 0 spiro atoms. The lowest BCUT2D eigenvalue weighted by Gasteiger charge is -2.16. The number of aromatic nitrogens is 2. The number of ketones is 1. The second-order valence-corrected chi connectivity index (χ2v) is 7.43. The van der Waals surface area contributed by atoms with Crippen LogP contribution < -0.4 is 0 Å². The number of hydrogen-bond donors (Lipinski definition) is 0. The van der Waals surface area contributed by atoms with Gasteiger partial charge in [0.05, 0.1) is 5.69 Å². The molecule has 0 bridgehead atoms. The fourth-order valence-electron chi connectivity index (χ4n) is 2.59. The maximum atomic E-state index is 12.7. The number of aryl methyl sites for hydroxylation is 3. The van der Waals surface area contributed by atoms with Gasteiger partial charge < -0.3 is 0 Å². The maximum absolute atomic E-state index is 12.7. The summed E-state index contributed by atoms with van der Waals surface area (Å²) in [7, 11) is 0. The predicted molar refractivity (Wildman–Crippen MR) is 87.3 cm³/mol. The number of Topliss-reactive ketones (excluding diaryl/α,β-unsaturated/α-hetero) is 1. The van der Waals surface area contributed by atoms with Crippen molar-refractivity contribution >= 4 is 17.3 Å². The molecule has 0 amide bonds. The summed E-state index contributed by atoms with van der Waals surface area (Å²) in [6.45, 7) is 12.4. The zero-order valence-electron chi connectivity index (χ0n) is 13.6. The average Bonchev–Trinajstić information content (AvgIpc) is 2.82. The van der Waals surface area contributed by atoms with Crippen molar-refractivity contribution in [1.82, 2.24) is 9.59 Å². The molecule has 0 aliphatic heterocycles. The maximum Gasteiger partial charge on any atom is 0.180 e. The van der Waals surface area contributed by atoms with E-state index in [9.17, 15) is 4.79 Å². The first-order valence-corrected chi connectivity index (χ1v) is 7.90. The fourth-order valence-corrected chi connectivity index (χ4v) is 3.41. The highest BCUT2D eigenvalue weighted by molar-refractivity contribution is 7.08. The van der Waals surface area contributed by atoms with Crippen molar-refractivity contribution in [3.8, 4) is 0 Å². The summed E-state index contributed by atoms with van der Waals surface area (Å²) >= 11 is 1.21. The van der Waals surface area contributed by atoms with Gasteiger partial charge in [0.2, 0.25) is 0 Å². The van der Waals surface area contributed by atoms with Crippen LogP contribution in [-0.2, 0) is 11.8 Å². The van der Waals surface area contributed by atoms with E-state index in [1.165, 1.54) is 28.2 Å². The zero-order chi connectivity index (χ0) is 15.8. The normalized spacial score (nSPS) is 11.7. The zero-order valence-corrected chi connectivity index (χ0v) is 14.4. The van der Waals surface area contributed by atoms with E-state index in [2.05, 4.69) is 63.3 Å². The lowest BCUT2D eigenvalue weighted by Crippen LogP contribution is -2.17. The monoisotopic (exact) mass is 302 g/mol. The second-order valence-electron chi connectivity index (χ2n) is 6.68. The van der Waals surface area contributed by atoms with Crippen molar-refractivity contribution in [2.45, 2.75) is 53.4 Å². The molecule has 0 fully saturated rings. The minimum absolute atomic E-state index is 0.116. The molecule has 3 nitrogen and oxygen atoms in total. The molecule has 2 aromatic rings. The molecule has 0 atom stereocenters. The van der Waals surface area contributed by atoms with Gasteiger partial charge in [0.25, 0.3) is 0 Å². The molecule has 2 rings (SSSR count). The van der Waals surface area contributed by atoms with Gasteiger partial charge in [-0.3, -0.25) is 4.79 Å². The number of hydrogen-bond acceptors (Lipinski definition) is 4. The van der Waals surface area contributed by atoms with Gasteiger partial charge in [-0.15, -0.1) is 5.10 Å². The van der Waals surface area contributed by atoms with Crippen molar-refractivity contribution in [1.29, 1.82) is 0 Å². The van der Waals surface area contributed by atoms with Gasteiger partial charge in [0.1, 0.15) is 4.88 Å². The molecule has 21 heavy (non-hydrogen) atoms. The highest BCUT2D eigenvalue weighted by Gasteiger charge is 2.26. The first-order valence-electron chi connectivity index (χ1n) is 7.13. The lowest BCUT2D eigenvalue weighted by atomic mass is 9.89. The largest absolute Gasteiger partial charge is 0.293 e. The van der Waals surface area contributed by atoms with Gasteiger partial charge in [-0.25, -0.2) is 0 Å². The van der Waals surface area contributed by atoms with E-state index >= 15 is 0 Å². The molecule has 112 valence electrons.